The summed E-state index contributed by atoms with van der Waals surface area (Å²) in [6.07, 6.45) is 2.29. The van der Waals surface area contributed by atoms with Crippen molar-refractivity contribution in [2.75, 3.05) is 6.61 Å². The molecule has 2 aromatic carbocycles. The number of hydrogen-bond donors (Lipinski definition) is 1. The normalized spacial score (nSPS) is 14.2. The van der Waals surface area contributed by atoms with Crippen molar-refractivity contribution in [3.8, 4) is 11.1 Å². The largest absolute Gasteiger partial charge is 0.456 e. The molecule has 0 saturated heterocycles. The summed E-state index contributed by atoms with van der Waals surface area (Å²) in [5.41, 5.74) is 2.67. The van der Waals surface area contributed by atoms with Gasteiger partial charge in [-0.25, -0.2) is 0 Å². The van der Waals surface area contributed by atoms with Crippen LogP contribution in [0.25, 0.3) is 11.1 Å². The number of benzene rings is 2. The first kappa shape index (κ1) is 19.8. The SMILES string of the molecule is C[C@H](NC(=O)COC(=O)CCC(=O)c1ccc(-c2ccccc2)cc1)C1CC1. The zero-order chi connectivity index (χ0) is 19.9. The molecule has 1 amide bonds. The summed E-state index contributed by atoms with van der Waals surface area (Å²) in [7, 11) is 0. The highest BCUT2D eigenvalue weighted by molar-refractivity contribution is 5.98. The minimum absolute atomic E-state index is 0.0370. The number of esters is 1. The van der Waals surface area contributed by atoms with E-state index in [-0.39, 0.29) is 37.2 Å². The molecule has 0 heterocycles. The topological polar surface area (TPSA) is 72.5 Å². The Balaban J connectivity index is 1.40. The van der Waals surface area contributed by atoms with Gasteiger partial charge in [-0.1, -0.05) is 54.6 Å². The lowest BCUT2D eigenvalue weighted by Gasteiger charge is -2.12. The summed E-state index contributed by atoms with van der Waals surface area (Å²) in [6, 6.07) is 17.3. The van der Waals surface area contributed by atoms with Gasteiger partial charge in [-0.3, -0.25) is 14.4 Å². The standard InChI is InChI=1S/C23H25NO4/c1-16(17-7-8-17)24-22(26)15-28-23(27)14-13-21(25)20-11-9-19(10-12-20)18-5-3-2-4-6-18/h2-6,9-12,16-17H,7-8,13-15H2,1H3,(H,24,26)/t16-/m0/s1. The molecule has 3 rings (SSSR count). The maximum absolute atomic E-state index is 12.3. The number of ether oxygens (including phenoxy) is 1. The highest BCUT2D eigenvalue weighted by Crippen LogP contribution is 2.32. The molecule has 28 heavy (non-hydrogen) atoms. The Hall–Kier alpha value is -2.95. The number of carbonyl (C=O) groups excluding carboxylic acids is 3. The fourth-order valence-corrected chi connectivity index (χ4v) is 3.07. The number of nitrogens with one attached hydrogen (secondary N) is 1. The van der Waals surface area contributed by atoms with Crippen molar-refractivity contribution in [1.29, 1.82) is 0 Å². The first-order valence-electron chi connectivity index (χ1n) is 9.66. The summed E-state index contributed by atoms with van der Waals surface area (Å²) in [5.74, 6) is -0.409. The Morgan fingerprint density at radius 3 is 2.25 bits per heavy atom. The Morgan fingerprint density at radius 1 is 0.964 bits per heavy atom. The van der Waals surface area contributed by atoms with Crippen molar-refractivity contribution in [3.63, 3.8) is 0 Å². The van der Waals surface area contributed by atoms with Gasteiger partial charge in [0.2, 0.25) is 0 Å². The van der Waals surface area contributed by atoms with E-state index >= 15 is 0 Å². The molecular weight excluding hydrogens is 354 g/mol. The molecule has 5 nitrogen and oxygen atoms in total. The molecule has 1 saturated carbocycles. The van der Waals surface area contributed by atoms with Gasteiger partial charge < -0.3 is 10.1 Å². The van der Waals surface area contributed by atoms with Gasteiger partial charge in [0.1, 0.15) is 0 Å². The van der Waals surface area contributed by atoms with E-state index in [1.807, 2.05) is 49.4 Å². The first-order valence-corrected chi connectivity index (χ1v) is 9.66. The van der Waals surface area contributed by atoms with Crippen LogP contribution in [0.3, 0.4) is 0 Å². The zero-order valence-corrected chi connectivity index (χ0v) is 16.0. The second-order valence-electron chi connectivity index (χ2n) is 7.22. The van der Waals surface area contributed by atoms with Crippen LogP contribution in [0.15, 0.2) is 54.6 Å². The molecule has 0 aliphatic heterocycles. The summed E-state index contributed by atoms with van der Waals surface area (Å²) in [5, 5.41) is 2.82. The summed E-state index contributed by atoms with van der Waals surface area (Å²) in [4.78, 5) is 35.8. The van der Waals surface area contributed by atoms with Crippen LogP contribution in [0.5, 0.6) is 0 Å². The molecule has 5 heteroatoms. The van der Waals surface area contributed by atoms with Gasteiger partial charge in [-0.2, -0.15) is 0 Å². The Labute approximate surface area is 165 Å². The molecule has 2 aromatic rings. The predicted molar refractivity (Wildman–Crippen MR) is 107 cm³/mol. The number of rotatable bonds is 9. The molecule has 0 aromatic heterocycles. The van der Waals surface area contributed by atoms with Gasteiger partial charge in [0.15, 0.2) is 12.4 Å². The van der Waals surface area contributed by atoms with E-state index in [1.54, 1.807) is 12.1 Å². The van der Waals surface area contributed by atoms with Gasteiger partial charge in [0.25, 0.3) is 5.91 Å². The second-order valence-corrected chi connectivity index (χ2v) is 7.22. The minimum Gasteiger partial charge on any atom is -0.456 e. The monoisotopic (exact) mass is 379 g/mol. The lowest BCUT2D eigenvalue weighted by atomic mass is 10.0. The molecule has 1 atom stereocenters. The van der Waals surface area contributed by atoms with E-state index in [1.165, 1.54) is 0 Å². The van der Waals surface area contributed by atoms with Crippen molar-refractivity contribution in [2.24, 2.45) is 5.92 Å². The van der Waals surface area contributed by atoms with Crippen LogP contribution in [-0.4, -0.2) is 30.3 Å². The number of carbonyl (C=O) groups is 3. The van der Waals surface area contributed by atoms with Gasteiger partial charge >= 0.3 is 5.97 Å². The molecule has 0 radical (unpaired) electrons. The van der Waals surface area contributed by atoms with Crippen molar-refractivity contribution in [3.05, 3.63) is 60.2 Å². The maximum atomic E-state index is 12.3. The van der Waals surface area contributed by atoms with Crippen LogP contribution in [0.2, 0.25) is 0 Å². The van der Waals surface area contributed by atoms with Crippen LogP contribution in [0.1, 0.15) is 43.0 Å². The number of ketones is 1. The fourth-order valence-electron chi connectivity index (χ4n) is 3.07. The molecule has 1 aliphatic rings. The van der Waals surface area contributed by atoms with Crippen LogP contribution in [-0.2, 0) is 14.3 Å². The van der Waals surface area contributed by atoms with Crippen molar-refractivity contribution in [1.82, 2.24) is 5.32 Å². The van der Waals surface area contributed by atoms with E-state index in [0.29, 0.717) is 11.5 Å². The number of amides is 1. The third-order valence-electron chi connectivity index (χ3n) is 4.95. The molecule has 0 spiro atoms. The van der Waals surface area contributed by atoms with Crippen LogP contribution in [0, 0.1) is 5.92 Å². The van der Waals surface area contributed by atoms with Crippen molar-refractivity contribution < 1.29 is 19.1 Å². The van der Waals surface area contributed by atoms with E-state index in [9.17, 15) is 14.4 Å². The maximum Gasteiger partial charge on any atom is 0.306 e. The van der Waals surface area contributed by atoms with Gasteiger partial charge in [0.05, 0.1) is 6.42 Å². The van der Waals surface area contributed by atoms with E-state index in [2.05, 4.69) is 5.32 Å². The lowest BCUT2D eigenvalue weighted by Crippen LogP contribution is -2.37. The fraction of sp³-hybridized carbons (Fsp3) is 0.348. The summed E-state index contributed by atoms with van der Waals surface area (Å²) >= 11 is 0. The molecule has 1 fully saturated rings. The van der Waals surface area contributed by atoms with Gasteiger partial charge in [0, 0.05) is 18.0 Å². The molecule has 146 valence electrons. The molecule has 0 bridgehead atoms. The molecule has 1 aliphatic carbocycles. The Morgan fingerprint density at radius 2 is 1.61 bits per heavy atom. The zero-order valence-electron chi connectivity index (χ0n) is 16.0. The highest BCUT2D eigenvalue weighted by atomic mass is 16.5. The van der Waals surface area contributed by atoms with E-state index < -0.39 is 5.97 Å². The highest BCUT2D eigenvalue weighted by Gasteiger charge is 2.28. The number of Topliss-reactive ketones (excluding diaryl/α,β-unsaturated/α-hetero) is 1. The van der Waals surface area contributed by atoms with Crippen LogP contribution >= 0.6 is 0 Å². The third-order valence-corrected chi connectivity index (χ3v) is 4.95. The molecular formula is C23H25NO4. The van der Waals surface area contributed by atoms with Crippen molar-refractivity contribution >= 4 is 17.7 Å². The van der Waals surface area contributed by atoms with E-state index in [0.717, 1.165) is 24.0 Å². The van der Waals surface area contributed by atoms with Crippen molar-refractivity contribution in [2.45, 2.75) is 38.6 Å². The van der Waals surface area contributed by atoms with Gasteiger partial charge in [-0.05, 0) is 36.8 Å². The quantitative estimate of drug-likeness (QED) is 0.532. The molecule has 0 unspecified atom stereocenters. The minimum atomic E-state index is -0.538. The Kier molecular flexibility index (Phi) is 6.58. The number of hydrogen-bond acceptors (Lipinski definition) is 4. The summed E-state index contributed by atoms with van der Waals surface area (Å²) in [6.45, 7) is 1.66. The smallest absolute Gasteiger partial charge is 0.306 e. The second kappa shape index (κ2) is 9.31. The first-order chi connectivity index (χ1) is 13.5. The Bertz CT molecular complexity index is 825. The molecule has 1 N–H and O–H groups in total. The van der Waals surface area contributed by atoms with Gasteiger partial charge in [-0.15, -0.1) is 0 Å². The average Bonchev–Trinajstić information content (AvgIpc) is 3.57. The van der Waals surface area contributed by atoms with E-state index in [4.69, 9.17) is 4.74 Å². The summed E-state index contributed by atoms with van der Waals surface area (Å²) < 4.78 is 4.96. The van der Waals surface area contributed by atoms with Crippen LogP contribution in [0.4, 0.5) is 0 Å². The van der Waals surface area contributed by atoms with Crippen LogP contribution < -0.4 is 5.32 Å². The lowest BCUT2D eigenvalue weighted by molar-refractivity contribution is -0.148. The average molecular weight is 379 g/mol. The predicted octanol–water partition coefficient (Wildman–Crippen LogP) is 3.77. The third kappa shape index (κ3) is 5.78.